The fraction of sp³-hybridized carbons (Fsp3) is 0.619. The van der Waals surface area contributed by atoms with Crippen molar-refractivity contribution < 1.29 is 9.69 Å². The second-order valence-corrected chi connectivity index (χ2v) is 8.95. The highest BCUT2D eigenvalue weighted by Gasteiger charge is 2.29. The predicted octanol–water partition coefficient (Wildman–Crippen LogP) is 2.85. The molecule has 140 valence electrons. The van der Waals surface area contributed by atoms with Crippen LogP contribution in [0.5, 0.6) is 0 Å². The molecule has 0 spiro atoms. The van der Waals surface area contributed by atoms with Crippen LogP contribution in [0.2, 0.25) is 0 Å². The van der Waals surface area contributed by atoms with Gasteiger partial charge in [-0.3, -0.25) is 4.79 Å². The number of hydrogen-bond donors (Lipinski definition) is 1. The fourth-order valence-electron chi connectivity index (χ4n) is 4.41. The van der Waals surface area contributed by atoms with Gasteiger partial charge in [-0.25, -0.2) is 4.98 Å². The van der Waals surface area contributed by atoms with Gasteiger partial charge in [-0.05, 0) is 37.8 Å². The number of fused-ring (bicyclic) bond motifs is 1. The lowest BCUT2D eigenvalue weighted by Gasteiger charge is -2.31. The summed E-state index contributed by atoms with van der Waals surface area (Å²) in [6.45, 7) is 4.78. The maximum atomic E-state index is 12.8. The van der Waals surface area contributed by atoms with E-state index >= 15 is 0 Å². The average Bonchev–Trinajstić information content (AvgIpc) is 3.06. The van der Waals surface area contributed by atoms with E-state index in [1.165, 1.54) is 59.6 Å². The van der Waals surface area contributed by atoms with E-state index in [4.69, 9.17) is 4.98 Å². The Morgan fingerprint density at radius 2 is 1.88 bits per heavy atom. The molecule has 1 aromatic carbocycles. The van der Waals surface area contributed by atoms with Crippen molar-refractivity contribution in [2.45, 2.75) is 50.9 Å². The van der Waals surface area contributed by atoms with Gasteiger partial charge in [-0.2, -0.15) is 0 Å². The number of hydrogen-bond acceptors (Lipinski definition) is 3. The number of piperidine rings is 1. The molecular weight excluding hydrogens is 342 g/mol. The maximum absolute atomic E-state index is 12.8. The number of benzene rings is 1. The molecule has 2 saturated heterocycles. The summed E-state index contributed by atoms with van der Waals surface area (Å²) >= 11 is 1.84. The molecule has 0 bridgehead atoms. The van der Waals surface area contributed by atoms with Gasteiger partial charge < -0.3 is 9.80 Å². The molecule has 1 amide bonds. The molecule has 2 aliphatic rings. The Morgan fingerprint density at radius 1 is 1.12 bits per heavy atom. The number of rotatable bonds is 3. The van der Waals surface area contributed by atoms with E-state index in [1.807, 2.05) is 11.3 Å². The largest absolute Gasteiger partial charge is 0.338 e. The zero-order valence-corrected chi connectivity index (χ0v) is 16.4. The molecule has 1 aromatic heterocycles. The highest BCUT2D eigenvalue weighted by Crippen LogP contribution is 2.30. The van der Waals surface area contributed by atoms with E-state index in [0.29, 0.717) is 18.4 Å². The van der Waals surface area contributed by atoms with Crippen molar-refractivity contribution in [3.05, 3.63) is 29.3 Å². The number of aromatic nitrogens is 1. The molecular formula is C21H30N3OS+. The third-order valence-corrected chi connectivity index (χ3v) is 7.09. The minimum absolute atomic E-state index is 0.367. The fourth-order valence-corrected chi connectivity index (χ4v) is 5.51. The lowest BCUT2D eigenvalue weighted by Crippen LogP contribution is -3.14. The molecule has 4 nitrogen and oxygen atoms in total. The van der Waals surface area contributed by atoms with Crippen molar-refractivity contribution in [2.75, 3.05) is 32.7 Å². The molecule has 0 saturated carbocycles. The van der Waals surface area contributed by atoms with Crippen molar-refractivity contribution in [3.8, 4) is 0 Å². The van der Waals surface area contributed by atoms with Gasteiger partial charge in [0.1, 0.15) is 5.01 Å². The Hall–Kier alpha value is -1.46. The number of thiazole rings is 1. The summed E-state index contributed by atoms with van der Waals surface area (Å²) in [5.41, 5.74) is 1.12. The third-order valence-electron chi connectivity index (χ3n) is 5.89. The minimum Gasteiger partial charge on any atom is -0.338 e. The lowest BCUT2D eigenvalue weighted by molar-refractivity contribution is -0.898. The quantitative estimate of drug-likeness (QED) is 0.900. The molecule has 0 aliphatic carbocycles. The second-order valence-electron chi connectivity index (χ2n) is 7.89. The Bertz CT molecular complexity index is 703. The van der Waals surface area contributed by atoms with Crippen molar-refractivity contribution in [1.29, 1.82) is 0 Å². The van der Waals surface area contributed by atoms with Crippen LogP contribution in [0.25, 0.3) is 10.2 Å². The Balaban J connectivity index is 1.37. The van der Waals surface area contributed by atoms with Gasteiger partial charge in [-0.1, -0.05) is 31.4 Å². The standard InChI is InChI=1S/C21H29N3OS/c25-20(24-13-6-2-1-3-7-14-24)16-23-12-8-9-17(15-23)21-22-18-10-4-5-11-19(18)26-21/h4-5,10-11,17H,1-3,6-9,12-16H2/p+1/t17-/m0/s1. The van der Waals surface area contributed by atoms with Crippen molar-refractivity contribution in [2.24, 2.45) is 0 Å². The van der Waals surface area contributed by atoms with Gasteiger partial charge in [-0.15, -0.1) is 11.3 Å². The van der Waals surface area contributed by atoms with Crippen LogP contribution in [0, 0.1) is 0 Å². The van der Waals surface area contributed by atoms with Gasteiger partial charge >= 0.3 is 0 Å². The Kier molecular flexibility index (Phi) is 5.85. The summed E-state index contributed by atoms with van der Waals surface area (Å²) in [5.74, 6) is 0.878. The molecule has 2 fully saturated rings. The van der Waals surface area contributed by atoms with Crippen LogP contribution >= 0.6 is 11.3 Å². The SMILES string of the molecule is O=C(C[NH+]1CCC[C@H](c2nc3ccccc3s2)C1)N1CCCCCCC1. The number of nitrogens with zero attached hydrogens (tertiary/aromatic N) is 2. The van der Waals surface area contributed by atoms with Crippen LogP contribution in [-0.2, 0) is 4.79 Å². The summed E-state index contributed by atoms with van der Waals surface area (Å²) < 4.78 is 1.28. The number of para-hydroxylation sites is 1. The molecule has 4 rings (SSSR count). The first-order valence-corrected chi connectivity index (χ1v) is 11.1. The van der Waals surface area contributed by atoms with Crippen molar-refractivity contribution in [3.63, 3.8) is 0 Å². The summed E-state index contributed by atoms with van der Waals surface area (Å²) in [6, 6.07) is 8.42. The van der Waals surface area contributed by atoms with Crippen molar-refractivity contribution >= 4 is 27.5 Å². The minimum atomic E-state index is 0.367. The van der Waals surface area contributed by atoms with E-state index in [-0.39, 0.29) is 0 Å². The zero-order valence-electron chi connectivity index (χ0n) is 15.6. The second kappa shape index (κ2) is 8.49. The van der Waals surface area contributed by atoms with E-state index in [2.05, 4.69) is 29.2 Å². The summed E-state index contributed by atoms with van der Waals surface area (Å²) in [7, 11) is 0. The zero-order chi connectivity index (χ0) is 17.8. The van der Waals surface area contributed by atoms with Crippen LogP contribution in [0.4, 0.5) is 0 Å². The summed E-state index contributed by atoms with van der Waals surface area (Å²) in [5, 5.41) is 1.27. The number of carbonyl (C=O) groups excluding carboxylic acids is 1. The molecule has 2 aliphatic heterocycles. The normalized spacial score (nSPS) is 25.0. The van der Waals surface area contributed by atoms with Crippen LogP contribution in [0.1, 0.15) is 55.9 Å². The Morgan fingerprint density at radius 3 is 2.69 bits per heavy atom. The highest BCUT2D eigenvalue weighted by atomic mass is 32.1. The average molecular weight is 373 g/mol. The van der Waals surface area contributed by atoms with Crippen LogP contribution in [0.15, 0.2) is 24.3 Å². The summed E-state index contributed by atoms with van der Waals surface area (Å²) in [6.07, 6.45) is 8.65. The lowest BCUT2D eigenvalue weighted by atomic mass is 9.98. The number of likely N-dealkylation sites (tertiary alicyclic amines) is 2. The van der Waals surface area contributed by atoms with E-state index in [1.54, 1.807) is 0 Å². The number of carbonyl (C=O) groups is 1. The molecule has 2 atom stereocenters. The molecule has 3 heterocycles. The smallest absolute Gasteiger partial charge is 0.277 e. The third kappa shape index (κ3) is 4.26. The van der Waals surface area contributed by atoms with E-state index in [0.717, 1.165) is 31.7 Å². The number of nitrogens with one attached hydrogen (secondary N) is 1. The maximum Gasteiger partial charge on any atom is 0.277 e. The monoisotopic (exact) mass is 372 g/mol. The van der Waals surface area contributed by atoms with Crippen molar-refractivity contribution in [1.82, 2.24) is 9.88 Å². The topological polar surface area (TPSA) is 37.6 Å². The molecule has 1 unspecified atom stereocenters. The highest BCUT2D eigenvalue weighted by molar-refractivity contribution is 7.18. The van der Waals surface area contributed by atoms with Gasteiger partial charge in [0.15, 0.2) is 6.54 Å². The van der Waals surface area contributed by atoms with Gasteiger partial charge in [0, 0.05) is 13.1 Å². The van der Waals surface area contributed by atoms with E-state index in [9.17, 15) is 4.79 Å². The summed E-state index contributed by atoms with van der Waals surface area (Å²) in [4.78, 5) is 21.3. The van der Waals surface area contributed by atoms with Gasteiger partial charge in [0.2, 0.25) is 0 Å². The first-order valence-electron chi connectivity index (χ1n) is 10.3. The number of amides is 1. The first-order chi connectivity index (χ1) is 12.8. The van der Waals surface area contributed by atoms with E-state index < -0.39 is 0 Å². The molecule has 0 radical (unpaired) electrons. The molecule has 2 aromatic rings. The Labute approximate surface area is 160 Å². The van der Waals surface area contributed by atoms with Crippen LogP contribution in [0.3, 0.4) is 0 Å². The molecule has 26 heavy (non-hydrogen) atoms. The van der Waals surface area contributed by atoms with Gasteiger partial charge in [0.05, 0.1) is 29.2 Å². The molecule has 1 N–H and O–H groups in total. The molecule has 5 heteroatoms. The van der Waals surface area contributed by atoms with Crippen LogP contribution in [-0.4, -0.2) is 48.5 Å². The van der Waals surface area contributed by atoms with Gasteiger partial charge in [0.25, 0.3) is 5.91 Å². The van der Waals surface area contributed by atoms with Crippen LogP contribution < -0.4 is 4.90 Å². The number of quaternary nitrogens is 1. The predicted molar refractivity (Wildman–Crippen MR) is 107 cm³/mol. The first kappa shape index (κ1) is 17.9.